The van der Waals surface area contributed by atoms with Gasteiger partial charge < -0.3 is 20.3 Å². The van der Waals surface area contributed by atoms with Crippen molar-refractivity contribution in [2.24, 2.45) is 4.99 Å². The minimum atomic E-state index is -0.330. The summed E-state index contributed by atoms with van der Waals surface area (Å²) >= 11 is 6.11. The smallest absolute Gasteiger partial charge is 0.253 e. The number of rotatable bonds is 3. The number of nitrogens with zero attached hydrogens (tertiary/aromatic N) is 2. The highest BCUT2D eigenvalue weighted by molar-refractivity contribution is 6.30. The van der Waals surface area contributed by atoms with E-state index in [4.69, 9.17) is 21.3 Å². The Bertz CT molecular complexity index is 952. The van der Waals surface area contributed by atoms with Gasteiger partial charge in [-0.25, -0.2) is 0 Å². The maximum absolute atomic E-state index is 12.4. The highest BCUT2D eigenvalue weighted by Crippen LogP contribution is 2.37. The van der Waals surface area contributed by atoms with Crippen molar-refractivity contribution in [3.05, 3.63) is 58.6 Å². The molecule has 1 amide bonds. The fraction of sp³-hybridized carbons (Fsp3) is 0.364. The molecule has 0 saturated carbocycles. The van der Waals surface area contributed by atoms with Crippen LogP contribution >= 0.6 is 11.6 Å². The quantitative estimate of drug-likeness (QED) is 0.798. The topological polar surface area (TPSA) is 66.0 Å². The lowest BCUT2D eigenvalue weighted by molar-refractivity contribution is 0.0777. The molecule has 0 aromatic heterocycles. The molecule has 1 spiro atoms. The van der Waals surface area contributed by atoms with Gasteiger partial charge in [0.2, 0.25) is 0 Å². The Hall–Kier alpha value is -2.57. The summed E-state index contributed by atoms with van der Waals surface area (Å²) in [5, 5.41) is 7.90. The monoisotopic (exact) mass is 412 g/mol. The summed E-state index contributed by atoms with van der Waals surface area (Å²) in [5.74, 6) is 0.885. The molecule has 2 aliphatic heterocycles. The number of amidine groups is 1. The highest BCUT2D eigenvalue weighted by atomic mass is 35.5. The molecular weight excluding hydrogens is 388 g/mol. The number of ether oxygens (including phenoxy) is 1. The van der Waals surface area contributed by atoms with E-state index < -0.39 is 0 Å². The van der Waals surface area contributed by atoms with Crippen molar-refractivity contribution in [2.75, 3.05) is 37.9 Å². The third kappa shape index (κ3) is 4.09. The van der Waals surface area contributed by atoms with Crippen LogP contribution in [0, 0.1) is 0 Å². The standard InChI is InChI=1S/C22H25ClN4O2/c1-27(2)20(28)16-6-7-18-19(13-16)26-22(8-10-29-11-9-22)21(25-18)24-14-15-4-3-5-17(23)12-15/h3-7,12-13,26H,8-11,14H2,1-2H3,(H,24,25). The first kappa shape index (κ1) is 19.7. The zero-order valence-electron chi connectivity index (χ0n) is 16.7. The minimum absolute atomic E-state index is 0.0175. The minimum Gasteiger partial charge on any atom is -0.381 e. The Morgan fingerprint density at radius 1 is 1.17 bits per heavy atom. The Morgan fingerprint density at radius 2 is 1.97 bits per heavy atom. The van der Waals surface area contributed by atoms with Crippen molar-refractivity contribution < 1.29 is 9.53 Å². The van der Waals surface area contributed by atoms with Crippen LogP contribution < -0.4 is 10.6 Å². The fourth-order valence-electron chi connectivity index (χ4n) is 3.79. The molecule has 29 heavy (non-hydrogen) atoms. The Balaban J connectivity index is 1.67. The van der Waals surface area contributed by atoms with Crippen LogP contribution in [-0.2, 0) is 11.3 Å². The molecule has 2 aromatic rings. The number of amides is 1. The van der Waals surface area contributed by atoms with Crippen LogP contribution in [0.1, 0.15) is 28.8 Å². The van der Waals surface area contributed by atoms with Crippen molar-refractivity contribution in [1.82, 2.24) is 4.90 Å². The van der Waals surface area contributed by atoms with E-state index in [1.54, 1.807) is 19.0 Å². The van der Waals surface area contributed by atoms with E-state index in [0.29, 0.717) is 30.3 Å². The van der Waals surface area contributed by atoms with Gasteiger partial charge in [-0.15, -0.1) is 0 Å². The maximum Gasteiger partial charge on any atom is 0.253 e. The van der Waals surface area contributed by atoms with Crippen LogP contribution in [0.3, 0.4) is 0 Å². The third-order valence-electron chi connectivity index (χ3n) is 5.41. The summed E-state index contributed by atoms with van der Waals surface area (Å²) in [5.41, 5.74) is 3.23. The number of carbonyl (C=O) groups is 1. The summed E-state index contributed by atoms with van der Waals surface area (Å²) in [6.07, 6.45) is 1.61. The van der Waals surface area contributed by atoms with Crippen molar-refractivity contribution in [1.29, 1.82) is 0 Å². The first-order chi connectivity index (χ1) is 14.0. The molecule has 2 aromatic carbocycles. The lowest BCUT2D eigenvalue weighted by Crippen LogP contribution is -2.55. The van der Waals surface area contributed by atoms with Gasteiger partial charge in [-0.2, -0.15) is 0 Å². The lowest BCUT2D eigenvalue weighted by Gasteiger charge is -2.43. The molecule has 0 bridgehead atoms. The van der Waals surface area contributed by atoms with Crippen molar-refractivity contribution in [3.8, 4) is 0 Å². The van der Waals surface area contributed by atoms with Gasteiger partial charge in [-0.3, -0.25) is 9.79 Å². The van der Waals surface area contributed by atoms with E-state index in [1.165, 1.54) is 0 Å². The molecule has 7 heteroatoms. The van der Waals surface area contributed by atoms with Gasteiger partial charge in [0, 0.05) is 50.7 Å². The number of nitrogens with one attached hydrogen (secondary N) is 2. The first-order valence-corrected chi connectivity index (χ1v) is 10.1. The SMILES string of the molecule is CN(C)C(=O)c1ccc2c(c1)NC1(CCOCC1)C(=NCc1cccc(Cl)c1)N2. The summed E-state index contributed by atoms with van der Waals surface area (Å²) in [6.45, 7) is 1.87. The van der Waals surface area contributed by atoms with E-state index in [2.05, 4.69) is 10.6 Å². The predicted molar refractivity (Wildman–Crippen MR) is 117 cm³/mol. The number of hydrogen-bond donors (Lipinski definition) is 2. The van der Waals surface area contributed by atoms with Gasteiger partial charge in [0.25, 0.3) is 5.91 Å². The molecule has 152 valence electrons. The summed E-state index contributed by atoms with van der Waals surface area (Å²) in [7, 11) is 3.52. The van der Waals surface area contributed by atoms with Crippen molar-refractivity contribution in [2.45, 2.75) is 24.9 Å². The van der Waals surface area contributed by atoms with Crippen molar-refractivity contribution in [3.63, 3.8) is 0 Å². The van der Waals surface area contributed by atoms with E-state index in [9.17, 15) is 4.79 Å². The largest absolute Gasteiger partial charge is 0.381 e. The zero-order valence-corrected chi connectivity index (χ0v) is 17.4. The number of fused-ring (bicyclic) bond motifs is 1. The number of benzene rings is 2. The van der Waals surface area contributed by atoms with Gasteiger partial charge in [0.1, 0.15) is 5.84 Å². The second-order valence-corrected chi connectivity index (χ2v) is 8.14. The van der Waals surface area contributed by atoms with Gasteiger partial charge in [0.05, 0.1) is 23.5 Å². The molecule has 0 radical (unpaired) electrons. The van der Waals surface area contributed by atoms with E-state index >= 15 is 0 Å². The molecule has 0 atom stereocenters. The van der Waals surface area contributed by atoms with E-state index in [1.807, 2.05) is 42.5 Å². The Kier molecular flexibility index (Phi) is 5.48. The Labute approximate surface area is 175 Å². The molecule has 2 N–H and O–H groups in total. The maximum atomic E-state index is 12.4. The molecule has 2 heterocycles. The average molecular weight is 413 g/mol. The van der Waals surface area contributed by atoms with Crippen molar-refractivity contribution >= 4 is 34.7 Å². The van der Waals surface area contributed by atoms with Crippen LogP contribution in [-0.4, -0.2) is 49.5 Å². The van der Waals surface area contributed by atoms with Crippen LogP contribution in [0.5, 0.6) is 0 Å². The average Bonchev–Trinajstić information content (AvgIpc) is 2.72. The zero-order chi connectivity index (χ0) is 20.4. The van der Waals surface area contributed by atoms with Gasteiger partial charge in [-0.1, -0.05) is 23.7 Å². The van der Waals surface area contributed by atoms with Crippen LogP contribution in [0.4, 0.5) is 11.4 Å². The molecular formula is C22H25ClN4O2. The van der Waals surface area contributed by atoms with Gasteiger partial charge >= 0.3 is 0 Å². The number of halogens is 1. The number of anilines is 2. The number of carbonyl (C=O) groups excluding carboxylic acids is 1. The molecule has 0 aliphatic carbocycles. The third-order valence-corrected chi connectivity index (χ3v) is 5.64. The fourth-order valence-corrected chi connectivity index (χ4v) is 4.00. The molecule has 6 nitrogen and oxygen atoms in total. The molecule has 2 aliphatic rings. The van der Waals surface area contributed by atoms with Crippen LogP contribution in [0.2, 0.25) is 5.02 Å². The molecule has 1 saturated heterocycles. The molecule has 4 rings (SSSR count). The molecule has 0 unspecified atom stereocenters. The first-order valence-electron chi connectivity index (χ1n) is 9.75. The summed E-state index contributed by atoms with van der Waals surface area (Å²) in [6, 6.07) is 13.4. The van der Waals surface area contributed by atoms with Gasteiger partial charge in [-0.05, 0) is 35.9 Å². The second kappa shape index (κ2) is 8.05. The summed E-state index contributed by atoms with van der Waals surface area (Å²) in [4.78, 5) is 18.9. The van der Waals surface area contributed by atoms with Gasteiger partial charge in [0.15, 0.2) is 0 Å². The number of hydrogen-bond acceptors (Lipinski definition) is 4. The van der Waals surface area contributed by atoms with E-state index in [0.717, 1.165) is 35.6 Å². The second-order valence-electron chi connectivity index (χ2n) is 7.70. The van der Waals surface area contributed by atoms with Crippen LogP contribution in [0.25, 0.3) is 0 Å². The predicted octanol–water partition coefficient (Wildman–Crippen LogP) is 4.03. The molecule has 1 fully saturated rings. The summed E-state index contributed by atoms with van der Waals surface area (Å²) < 4.78 is 5.60. The lowest BCUT2D eigenvalue weighted by atomic mass is 9.85. The highest BCUT2D eigenvalue weighted by Gasteiger charge is 2.41. The number of aliphatic imine (C=N–C) groups is 1. The Morgan fingerprint density at radius 3 is 2.69 bits per heavy atom. The van der Waals surface area contributed by atoms with Crippen LogP contribution in [0.15, 0.2) is 47.5 Å². The normalized spacial score (nSPS) is 18.7. The van der Waals surface area contributed by atoms with E-state index in [-0.39, 0.29) is 11.4 Å².